The van der Waals surface area contributed by atoms with E-state index in [1.165, 1.54) is 25.7 Å². The van der Waals surface area contributed by atoms with Gasteiger partial charge in [-0.05, 0) is 38.5 Å². The maximum atomic E-state index is 13.0. The van der Waals surface area contributed by atoms with Crippen LogP contribution in [0.4, 0.5) is 0 Å². The van der Waals surface area contributed by atoms with Crippen LogP contribution in [0.1, 0.15) is 54.7 Å². The van der Waals surface area contributed by atoms with Crippen LogP contribution in [-0.2, 0) is 13.1 Å². The summed E-state index contributed by atoms with van der Waals surface area (Å²) >= 11 is 0. The van der Waals surface area contributed by atoms with Crippen molar-refractivity contribution in [2.45, 2.75) is 64.6 Å². The summed E-state index contributed by atoms with van der Waals surface area (Å²) in [5.41, 5.74) is 1.40. The molecule has 134 valence electrons. The number of likely N-dealkylation sites (tertiary alicyclic amines) is 1. The van der Waals surface area contributed by atoms with E-state index in [4.69, 9.17) is 0 Å². The van der Waals surface area contributed by atoms with E-state index in [2.05, 4.69) is 20.6 Å². The van der Waals surface area contributed by atoms with E-state index in [1.807, 2.05) is 22.7 Å². The van der Waals surface area contributed by atoms with Crippen molar-refractivity contribution >= 4 is 5.91 Å². The maximum absolute atomic E-state index is 13.0. The summed E-state index contributed by atoms with van der Waals surface area (Å²) in [6.07, 6.45) is 10.6. The zero-order chi connectivity index (χ0) is 17.2. The molecule has 2 aromatic rings. The SMILES string of the molecule is Cc1c(C(=O)N2CCC[C@H]2Cn2ccnn2)nnn1CC1CCCC1. The topological polar surface area (TPSA) is 81.7 Å². The standard InChI is InChI=1S/C17H25N7O/c1-13-16(19-21-24(13)11-14-5-2-3-6-14)17(25)23-9-4-7-15(23)12-22-10-8-18-20-22/h8,10,14-15H,2-7,9,11-12H2,1H3/t15-/m0/s1. The van der Waals surface area contributed by atoms with Gasteiger partial charge in [-0.2, -0.15) is 0 Å². The average Bonchev–Trinajstić information content (AvgIpc) is 3.38. The lowest BCUT2D eigenvalue weighted by Gasteiger charge is -2.23. The molecule has 0 aromatic carbocycles. The fourth-order valence-electron chi connectivity index (χ4n) is 4.14. The van der Waals surface area contributed by atoms with E-state index < -0.39 is 0 Å². The highest BCUT2D eigenvalue weighted by atomic mass is 16.2. The fourth-order valence-corrected chi connectivity index (χ4v) is 4.14. The molecule has 0 N–H and O–H groups in total. The van der Waals surface area contributed by atoms with Crippen LogP contribution in [0.15, 0.2) is 12.4 Å². The van der Waals surface area contributed by atoms with Gasteiger partial charge in [0.05, 0.1) is 24.5 Å². The van der Waals surface area contributed by atoms with Crippen LogP contribution in [0, 0.1) is 12.8 Å². The first kappa shape index (κ1) is 16.2. The molecule has 0 spiro atoms. The van der Waals surface area contributed by atoms with E-state index in [-0.39, 0.29) is 11.9 Å². The highest BCUT2D eigenvalue weighted by molar-refractivity contribution is 5.93. The van der Waals surface area contributed by atoms with Crippen molar-refractivity contribution in [1.82, 2.24) is 34.9 Å². The van der Waals surface area contributed by atoms with Crippen molar-refractivity contribution in [1.29, 1.82) is 0 Å². The second kappa shape index (κ2) is 6.93. The molecular formula is C17H25N7O. The van der Waals surface area contributed by atoms with Gasteiger partial charge in [-0.3, -0.25) is 9.48 Å². The molecule has 25 heavy (non-hydrogen) atoms. The molecule has 1 saturated heterocycles. The number of rotatable bonds is 5. The van der Waals surface area contributed by atoms with Crippen LogP contribution in [0.5, 0.6) is 0 Å². The van der Waals surface area contributed by atoms with Crippen LogP contribution in [0.2, 0.25) is 0 Å². The molecular weight excluding hydrogens is 318 g/mol. The van der Waals surface area contributed by atoms with Gasteiger partial charge in [0, 0.05) is 19.3 Å². The third-order valence-electron chi connectivity index (χ3n) is 5.60. The minimum absolute atomic E-state index is 0.00205. The summed E-state index contributed by atoms with van der Waals surface area (Å²) in [6.45, 7) is 4.30. The van der Waals surface area contributed by atoms with E-state index in [1.54, 1.807) is 10.9 Å². The number of amides is 1. The molecule has 0 bridgehead atoms. The Morgan fingerprint density at radius 2 is 2.00 bits per heavy atom. The lowest BCUT2D eigenvalue weighted by atomic mass is 10.1. The van der Waals surface area contributed by atoms with Crippen LogP contribution in [0.25, 0.3) is 0 Å². The van der Waals surface area contributed by atoms with E-state index in [0.717, 1.165) is 31.6 Å². The number of carbonyl (C=O) groups excluding carboxylic acids is 1. The van der Waals surface area contributed by atoms with Gasteiger partial charge in [-0.15, -0.1) is 10.2 Å². The van der Waals surface area contributed by atoms with Crippen molar-refractivity contribution in [3.05, 3.63) is 23.8 Å². The number of carbonyl (C=O) groups is 1. The highest BCUT2D eigenvalue weighted by Gasteiger charge is 2.32. The zero-order valence-electron chi connectivity index (χ0n) is 14.7. The molecule has 1 atom stereocenters. The molecule has 2 fully saturated rings. The largest absolute Gasteiger partial charge is 0.332 e. The Labute approximate surface area is 147 Å². The second-order valence-electron chi connectivity index (χ2n) is 7.28. The van der Waals surface area contributed by atoms with E-state index in [0.29, 0.717) is 18.2 Å². The van der Waals surface area contributed by atoms with Gasteiger partial charge in [0.15, 0.2) is 5.69 Å². The first-order valence-corrected chi connectivity index (χ1v) is 9.27. The summed E-state index contributed by atoms with van der Waals surface area (Å²) in [5, 5.41) is 16.3. The molecule has 8 heteroatoms. The Morgan fingerprint density at radius 3 is 2.76 bits per heavy atom. The molecule has 1 aliphatic carbocycles. The number of aromatic nitrogens is 6. The van der Waals surface area contributed by atoms with Gasteiger partial charge < -0.3 is 4.90 Å². The molecule has 2 aromatic heterocycles. The Kier molecular flexibility index (Phi) is 4.50. The Morgan fingerprint density at radius 1 is 1.16 bits per heavy atom. The maximum Gasteiger partial charge on any atom is 0.276 e. The predicted molar refractivity (Wildman–Crippen MR) is 90.8 cm³/mol. The van der Waals surface area contributed by atoms with Crippen molar-refractivity contribution in [2.75, 3.05) is 6.54 Å². The lowest BCUT2D eigenvalue weighted by Crippen LogP contribution is -2.38. The lowest BCUT2D eigenvalue weighted by molar-refractivity contribution is 0.0714. The van der Waals surface area contributed by atoms with Crippen molar-refractivity contribution in [2.24, 2.45) is 5.92 Å². The summed E-state index contributed by atoms with van der Waals surface area (Å²) in [6, 6.07) is 0.147. The third kappa shape index (κ3) is 3.29. The van der Waals surface area contributed by atoms with Crippen LogP contribution in [-0.4, -0.2) is 53.4 Å². The minimum Gasteiger partial charge on any atom is -0.332 e. The van der Waals surface area contributed by atoms with Crippen LogP contribution >= 0.6 is 0 Å². The molecule has 0 radical (unpaired) electrons. The van der Waals surface area contributed by atoms with Gasteiger partial charge in [0.2, 0.25) is 0 Å². The van der Waals surface area contributed by atoms with E-state index in [9.17, 15) is 4.79 Å². The van der Waals surface area contributed by atoms with Crippen molar-refractivity contribution in [3.8, 4) is 0 Å². The Hall–Kier alpha value is -2.25. The molecule has 4 rings (SSSR count). The molecule has 1 aliphatic heterocycles. The number of nitrogens with zero attached hydrogens (tertiary/aromatic N) is 7. The first-order valence-electron chi connectivity index (χ1n) is 9.27. The van der Waals surface area contributed by atoms with Crippen LogP contribution < -0.4 is 0 Å². The normalized spacial score (nSPS) is 21.3. The molecule has 2 aliphatic rings. The fraction of sp³-hybridized carbons (Fsp3) is 0.706. The predicted octanol–water partition coefficient (Wildman–Crippen LogP) is 1.67. The first-order chi connectivity index (χ1) is 12.2. The third-order valence-corrected chi connectivity index (χ3v) is 5.60. The van der Waals surface area contributed by atoms with Crippen molar-refractivity contribution in [3.63, 3.8) is 0 Å². The van der Waals surface area contributed by atoms with Gasteiger partial charge >= 0.3 is 0 Å². The minimum atomic E-state index is -0.00205. The molecule has 1 saturated carbocycles. The smallest absolute Gasteiger partial charge is 0.276 e. The number of hydrogen-bond donors (Lipinski definition) is 0. The number of hydrogen-bond acceptors (Lipinski definition) is 5. The summed E-state index contributed by atoms with van der Waals surface area (Å²) < 4.78 is 3.71. The van der Waals surface area contributed by atoms with E-state index >= 15 is 0 Å². The monoisotopic (exact) mass is 343 g/mol. The summed E-state index contributed by atoms with van der Waals surface area (Å²) in [5.74, 6) is 0.674. The summed E-state index contributed by atoms with van der Waals surface area (Å²) in [4.78, 5) is 15.0. The summed E-state index contributed by atoms with van der Waals surface area (Å²) in [7, 11) is 0. The Bertz CT molecular complexity index is 717. The molecule has 1 amide bonds. The molecule has 8 nitrogen and oxygen atoms in total. The van der Waals surface area contributed by atoms with Gasteiger partial charge in [0.25, 0.3) is 5.91 Å². The quantitative estimate of drug-likeness (QED) is 0.825. The highest BCUT2D eigenvalue weighted by Crippen LogP contribution is 2.27. The second-order valence-corrected chi connectivity index (χ2v) is 7.28. The molecule has 3 heterocycles. The molecule has 0 unspecified atom stereocenters. The Balaban J connectivity index is 1.47. The van der Waals surface area contributed by atoms with Crippen LogP contribution in [0.3, 0.4) is 0 Å². The average molecular weight is 343 g/mol. The van der Waals surface area contributed by atoms with Gasteiger partial charge in [0.1, 0.15) is 0 Å². The van der Waals surface area contributed by atoms with Gasteiger partial charge in [-0.1, -0.05) is 23.3 Å². The zero-order valence-corrected chi connectivity index (χ0v) is 14.7. The van der Waals surface area contributed by atoms with Crippen molar-refractivity contribution < 1.29 is 4.79 Å². The van der Waals surface area contributed by atoms with Gasteiger partial charge in [-0.25, -0.2) is 4.68 Å².